The van der Waals surface area contributed by atoms with Crippen molar-refractivity contribution in [1.82, 2.24) is 14.9 Å². The summed E-state index contributed by atoms with van der Waals surface area (Å²) in [6.45, 7) is 2.23. The molecule has 0 spiro atoms. The highest BCUT2D eigenvalue weighted by atomic mass is 35.5. The van der Waals surface area contributed by atoms with Crippen LogP contribution in [0.4, 0.5) is 0 Å². The van der Waals surface area contributed by atoms with E-state index in [0.717, 1.165) is 27.4 Å². The minimum Gasteiger partial charge on any atom is -0.378 e. The molecular weight excluding hydrogens is 416 g/mol. The number of nitrogens with zero attached hydrogens (tertiary/aromatic N) is 2. The summed E-state index contributed by atoms with van der Waals surface area (Å²) in [5.74, 6) is -0.572. The average molecular weight is 435 g/mol. The number of pyridine rings is 1. The predicted octanol–water partition coefficient (Wildman–Crippen LogP) is 3.61. The maximum Gasteiger partial charge on any atom is 0.254 e. The van der Waals surface area contributed by atoms with Gasteiger partial charge in [0.05, 0.1) is 24.3 Å². The number of hydrogen-bond donors (Lipinski definition) is 2. The van der Waals surface area contributed by atoms with Crippen molar-refractivity contribution in [3.05, 3.63) is 64.9 Å². The minimum atomic E-state index is -0.537. The largest absolute Gasteiger partial charge is 0.378 e. The topological polar surface area (TPSA) is 101 Å². The molecule has 1 aliphatic rings. The number of fused-ring (bicyclic) bond motifs is 3. The number of aromatic nitrogens is 2. The number of nitrogens with two attached hydrogens (primary N) is 1. The maximum atomic E-state index is 13.0. The SMILES string of the molecule is NC(=O)c1cc(-c2ccc(Cl)nc2)cc2c1[nH]c1ccc(C(=O)N3CCOCC3)cc12. The molecule has 0 unspecified atom stereocenters. The van der Waals surface area contributed by atoms with Crippen LogP contribution in [-0.2, 0) is 4.74 Å². The molecule has 7 nitrogen and oxygen atoms in total. The first kappa shape index (κ1) is 19.5. The summed E-state index contributed by atoms with van der Waals surface area (Å²) in [4.78, 5) is 34.4. The molecule has 3 N–H and O–H groups in total. The van der Waals surface area contributed by atoms with Gasteiger partial charge in [-0.1, -0.05) is 11.6 Å². The van der Waals surface area contributed by atoms with E-state index in [4.69, 9.17) is 22.1 Å². The number of amides is 2. The van der Waals surface area contributed by atoms with E-state index in [1.807, 2.05) is 24.3 Å². The third-order valence-electron chi connectivity index (χ3n) is 5.58. The number of ether oxygens (including phenoxy) is 1. The normalized spacial score (nSPS) is 14.3. The summed E-state index contributed by atoms with van der Waals surface area (Å²) in [6, 6.07) is 12.8. The molecule has 0 atom stereocenters. The highest BCUT2D eigenvalue weighted by Gasteiger charge is 2.20. The first-order valence-corrected chi connectivity index (χ1v) is 10.3. The molecule has 4 aromatic rings. The van der Waals surface area contributed by atoms with E-state index < -0.39 is 5.91 Å². The summed E-state index contributed by atoms with van der Waals surface area (Å²) in [6.07, 6.45) is 1.65. The molecule has 0 aliphatic carbocycles. The molecule has 156 valence electrons. The molecule has 1 saturated heterocycles. The van der Waals surface area contributed by atoms with Crippen LogP contribution in [0.25, 0.3) is 32.9 Å². The van der Waals surface area contributed by atoms with Crippen molar-refractivity contribution in [3.8, 4) is 11.1 Å². The Hall–Kier alpha value is -3.42. The van der Waals surface area contributed by atoms with Gasteiger partial charge < -0.3 is 20.4 Å². The number of rotatable bonds is 3. The van der Waals surface area contributed by atoms with Gasteiger partial charge in [0.25, 0.3) is 11.8 Å². The fourth-order valence-corrected chi connectivity index (χ4v) is 4.10. The van der Waals surface area contributed by atoms with Crippen molar-refractivity contribution in [2.45, 2.75) is 0 Å². The maximum absolute atomic E-state index is 13.0. The van der Waals surface area contributed by atoms with Crippen LogP contribution in [0.15, 0.2) is 48.7 Å². The van der Waals surface area contributed by atoms with Gasteiger partial charge in [-0.3, -0.25) is 9.59 Å². The van der Waals surface area contributed by atoms with E-state index in [1.165, 1.54) is 0 Å². The lowest BCUT2D eigenvalue weighted by atomic mass is 9.99. The Bertz CT molecular complexity index is 1320. The molecule has 5 rings (SSSR count). The van der Waals surface area contributed by atoms with Crippen molar-refractivity contribution < 1.29 is 14.3 Å². The number of primary amides is 1. The van der Waals surface area contributed by atoms with Gasteiger partial charge in [-0.2, -0.15) is 0 Å². The molecule has 0 bridgehead atoms. The Morgan fingerprint density at radius 3 is 2.55 bits per heavy atom. The molecule has 2 aromatic carbocycles. The zero-order valence-corrected chi connectivity index (χ0v) is 17.3. The first-order valence-electron chi connectivity index (χ1n) is 9.89. The molecular formula is C23H19ClN4O3. The van der Waals surface area contributed by atoms with Gasteiger partial charge in [0.2, 0.25) is 0 Å². The minimum absolute atomic E-state index is 0.0345. The number of carbonyl (C=O) groups is 2. The van der Waals surface area contributed by atoms with Crippen molar-refractivity contribution in [2.24, 2.45) is 5.73 Å². The van der Waals surface area contributed by atoms with E-state index in [0.29, 0.717) is 48.1 Å². The summed E-state index contributed by atoms with van der Waals surface area (Å²) < 4.78 is 5.34. The van der Waals surface area contributed by atoms with Gasteiger partial charge in [-0.25, -0.2) is 4.98 Å². The first-order chi connectivity index (χ1) is 15.0. The number of benzene rings is 2. The number of aromatic amines is 1. The van der Waals surface area contributed by atoms with Crippen LogP contribution in [0, 0.1) is 0 Å². The lowest BCUT2D eigenvalue weighted by molar-refractivity contribution is 0.0303. The van der Waals surface area contributed by atoms with Crippen molar-refractivity contribution in [3.63, 3.8) is 0 Å². The third-order valence-corrected chi connectivity index (χ3v) is 5.80. The molecule has 2 amide bonds. The zero-order chi connectivity index (χ0) is 21.5. The molecule has 8 heteroatoms. The number of halogens is 1. The van der Waals surface area contributed by atoms with Crippen LogP contribution in [-0.4, -0.2) is 53.0 Å². The lowest BCUT2D eigenvalue weighted by Crippen LogP contribution is -2.40. The molecule has 0 radical (unpaired) electrons. The van der Waals surface area contributed by atoms with E-state index in [9.17, 15) is 9.59 Å². The highest BCUT2D eigenvalue weighted by molar-refractivity contribution is 6.29. The Kier molecular flexibility index (Phi) is 4.84. The molecule has 3 heterocycles. The van der Waals surface area contributed by atoms with Gasteiger partial charge in [0.1, 0.15) is 5.15 Å². The van der Waals surface area contributed by atoms with E-state index >= 15 is 0 Å². The Balaban J connectivity index is 1.68. The third kappa shape index (κ3) is 3.52. The Morgan fingerprint density at radius 1 is 1.03 bits per heavy atom. The van der Waals surface area contributed by atoms with Gasteiger partial charge in [0, 0.05) is 46.7 Å². The van der Waals surface area contributed by atoms with E-state index in [-0.39, 0.29) is 5.91 Å². The standard InChI is InChI=1S/C23H19ClN4O3/c24-20-4-2-14(12-26-20)15-10-17-16-9-13(23(30)28-5-7-31-8-6-28)1-3-19(16)27-21(17)18(11-15)22(25)29/h1-4,9-12,27H,5-8H2,(H2,25,29). The van der Waals surface area contributed by atoms with Crippen LogP contribution < -0.4 is 5.73 Å². The van der Waals surface area contributed by atoms with Crippen LogP contribution >= 0.6 is 11.6 Å². The second-order valence-electron chi connectivity index (χ2n) is 7.47. The van der Waals surface area contributed by atoms with Crippen molar-refractivity contribution >= 4 is 45.2 Å². The Labute approximate surface area is 182 Å². The second kappa shape index (κ2) is 7.68. The van der Waals surface area contributed by atoms with Crippen molar-refractivity contribution in [1.29, 1.82) is 0 Å². The fourth-order valence-electron chi connectivity index (χ4n) is 3.99. The average Bonchev–Trinajstić information content (AvgIpc) is 3.16. The van der Waals surface area contributed by atoms with Crippen LogP contribution in [0.3, 0.4) is 0 Å². The van der Waals surface area contributed by atoms with Gasteiger partial charge >= 0.3 is 0 Å². The second-order valence-corrected chi connectivity index (χ2v) is 7.86. The molecule has 0 saturated carbocycles. The van der Waals surface area contributed by atoms with Crippen LogP contribution in [0.1, 0.15) is 20.7 Å². The molecule has 1 aliphatic heterocycles. The zero-order valence-electron chi connectivity index (χ0n) is 16.5. The lowest BCUT2D eigenvalue weighted by Gasteiger charge is -2.26. The number of nitrogens with one attached hydrogen (secondary N) is 1. The van der Waals surface area contributed by atoms with E-state index in [2.05, 4.69) is 9.97 Å². The summed E-state index contributed by atoms with van der Waals surface area (Å²) in [5.41, 5.74) is 9.71. The highest BCUT2D eigenvalue weighted by Crippen LogP contribution is 2.33. The van der Waals surface area contributed by atoms with Crippen LogP contribution in [0.5, 0.6) is 0 Å². The molecule has 2 aromatic heterocycles. The predicted molar refractivity (Wildman–Crippen MR) is 119 cm³/mol. The summed E-state index contributed by atoms with van der Waals surface area (Å²) >= 11 is 5.91. The van der Waals surface area contributed by atoms with Gasteiger partial charge in [-0.15, -0.1) is 0 Å². The Morgan fingerprint density at radius 2 is 1.84 bits per heavy atom. The quantitative estimate of drug-likeness (QED) is 0.481. The number of carbonyl (C=O) groups excluding carboxylic acids is 2. The van der Waals surface area contributed by atoms with Crippen LogP contribution in [0.2, 0.25) is 5.15 Å². The number of morpholine rings is 1. The summed E-state index contributed by atoms with van der Waals surface area (Å²) in [7, 11) is 0. The molecule has 1 fully saturated rings. The summed E-state index contributed by atoms with van der Waals surface area (Å²) in [5, 5.41) is 2.05. The van der Waals surface area contributed by atoms with Gasteiger partial charge in [-0.05, 0) is 48.0 Å². The van der Waals surface area contributed by atoms with Crippen molar-refractivity contribution in [2.75, 3.05) is 26.3 Å². The number of hydrogen-bond acceptors (Lipinski definition) is 4. The molecule has 31 heavy (non-hydrogen) atoms. The smallest absolute Gasteiger partial charge is 0.254 e. The fraction of sp³-hybridized carbons (Fsp3) is 0.174. The van der Waals surface area contributed by atoms with E-state index in [1.54, 1.807) is 29.3 Å². The number of H-pyrrole nitrogens is 1. The monoisotopic (exact) mass is 434 g/mol. The van der Waals surface area contributed by atoms with Gasteiger partial charge in [0.15, 0.2) is 0 Å².